The summed E-state index contributed by atoms with van der Waals surface area (Å²) in [5.41, 5.74) is 1.42. The molecule has 0 aromatic heterocycles. The first-order chi connectivity index (χ1) is 13.7. The van der Waals surface area contributed by atoms with Crippen LogP contribution < -0.4 is 14.8 Å². The van der Waals surface area contributed by atoms with Gasteiger partial charge in [0.25, 0.3) is 10.1 Å². The summed E-state index contributed by atoms with van der Waals surface area (Å²) in [6.07, 6.45) is 0. The number of hydrogen-bond acceptors (Lipinski definition) is 7. The summed E-state index contributed by atoms with van der Waals surface area (Å²) in [4.78, 5) is 13.8. The maximum atomic E-state index is 12.2. The molecule has 158 valence electrons. The summed E-state index contributed by atoms with van der Waals surface area (Å²) in [5, 5.41) is 2.76. The molecule has 0 saturated heterocycles. The Kier molecular flexibility index (Phi) is 8.00. The van der Waals surface area contributed by atoms with Crippen molar-refractivity contribution in [3.8, 4) is 11.5 Å². The number of benzene rings is 2. The highest BCUT2D eigenvalue weighted by atomic mass is 32.2. The number of methoxy groups -OCH3 is 1. The van der Waals surface area contributed by atoms with E-state index < -0.39 is 10.1 Å². The van der Waals surface area contributed by atoms with E-state index in [4.69, 9.17) is 13.7 Å². The molecule has 0 spiro atoms. The van der Waals surface area contributed by atoms with Crippen LogP contribution in [0.25, 0.3) is 0 Å². The third-order valence-corrected chi connectivity index (χ3v) is 5.13. The number of hydrogen-bond donors (Lipinski definition) is 1. The van der Waals surface area contributed by atoms with Crippen LogP contribution in [0.4, 0.5) is 5.69 Å². The molecule has 8 nitrogen and oxygen atoms in total. The lowest BCUT2D eigenvalue weighted by molar-refractivity contribution is -0.116. The van der Waals surface area contributed by atoms with E-state index in [2.05, 4.69) is 5.32 Å². The van der Waals surface area contributed by atoms with Crippen molar-refractivity contribution >= 4 is 21.7 Å². The number of carbonyl (C=O) groups is 1. The van der Waals surface area contributed by atoms with Crippen LogP contribution in [0.5, 0.6) is 11.5 Å². The number of ether oxygens (including phenoxy) is 2. The predicted octanol–water partition coefficient (Wildman–Crippen LogP) is 2.29. The first-order valence-corrected chi connectivity index (χ1v) is 10.3. The quantitative estimate of drug-likeness (QED) is 0.464. The smallest absolute Gasteiger partial charge is 0.297 e. The van der Waals surface area contributed by atoms with Crippen molar-refractivity contribution in [2.24, 2.45) is 0 Å². The van der Waals surface area contributed by atoms with Crippen LogP contribution in [0.1, 0.15) is 5.56 Å². The Morgan fingerprint density at radius 2 is 1.76 bits per heavy atom. The van der Waals surface area contributed by atoms with Crippen LogP contribution in [0.3, 0.4) is 0 Å². The fourth-order valence-corrected chi connectivity index (χ4v) is 3.32. The number of aryl methyl sites for hydroxylation is 1. The van der Waals surface area contributed by atoms with E-state index in [1.54, 1.807) is 49.3 Å². The number of carbonyl (C=O) groups excluding carboxylic acids is 1. The molecule has 2 aromatic rings. The highest BCUT2D eigenvalue weighted by Crippen LogP contribution is 2.29. The number of nitrogens with zero attached hydrogens (tertiary/aromatic N) is 1. The van der Waals surface area contributed by atoms with E-state index in [9.17, 15) is 13.2 Å². The number of anilines is 1. The molecule has 0 aliphatic rings. The maximum absolute atomic E-state index is 12.2. The van der Waals surface area contributed by atoms with Gasteiger partial charge < -0.3 is 19.7 Å². The fraction of sp³-hybridized carbons (Fsp3) is 0.350. The van der Waals surface area contributed by atoms with E-state index in [-0.39, 0.29) is 30.6 Å². The molecule has 2 rings (SSSR count). The second-order valence-corrected chi connectivity index (χ2v) is 8.20. The van der Waals surface area contributed by atoms with Crippen molar-refractivity contribution in [2.75, 3.05) is 46.3 Å². The Bertz CT molecular complexity index is 926. The highest BCUT2D eigenvalue weighted by molar-refractivity contribution is 7.86. The van der Waals surface area contributed by atoms with Gasteiger partial charge in [-0.25, -0.2) is 0 Å². The molecule has 0 bridgehead atoms. The van der Waals surface area contributed by atoms with Crippen LogP contribution in [-0.4, -0.2) is 60.2 Å². The summed E-state index contributed by atoms with van der Waals surface area (Å²) in [5.74, 6) is 0.739. The van der Waals surface area contributed by atoms with Gasteiger partial charge in [0.2, 0.25) is 5.91 Å². The van der Waals surface area contributed by atoms with Crippen LogP contribution in [0, 0.1) is 6.92 Å². The van der Waals surface area contributed by atoms with Gasteiger partial charge in [-0.05, 0) is 45.3 Å². The van der Waals surface area contributed by atoms with E-state index in [1.165, 1.54) is 19.2 Å². The molecular weight excluding hydrogens is 396 g/mol. The van der Waals surface area contributed by atoms with Crippen LogP contribution in [0.15, 0.2) is 47.4 Å². The normalized spacial score (nSPS) is 11.3. The van der Waals surface area contributed by atoms with Gasteiger partial charge in [0.05, 0.1) is 24.2 Å². The van der Waals surface area contributed by atoms with Crippen molar-refractivity contribution in [1.29, 1.82) is 0 Å². The van der Waals surface area contributed by atoms with Gasteiger partial charge >= 0.3 is 0 Å². The number of nitrogens with one attached hydrogen (secondary N) is 1. The standard InChI is InChI=1S/C20H26N2O6S/c1-15-5-8-17(9-6-15)29(24,25)28-12-11-27-16-7-10-19(26-4)18(13-16)21-20(23)14-22(2)3/h5-10,13H,11-12,14H2,1-4H3,(H,21,23). The zero-order valence-electron chi connectivity index (χ0n) is 17.0. The van der Waals surface area contributed by atoms with Crippen LogP contribution in [0.2, 0.25) is 0 Å². The third kappa shape index (κ3) is 7.04. The summed E-state index contributed by atoms with van der Waals surface area (Å²) in [7, 11) is 1.25. The molecule has 2 aromatic carbocycles. The average Bonchev–Trinajstić information content (AvgIpc) is 2.65. The van der Waals surface area contributed by atoms with Gasteiger partial charge in [0.1, 0.15) is 24.7 Å². The zero-order chi connectivity index (χ0) is 21.4. The molecule has 0 atom stereocenters. The van der Waals surface area contributed by atoms with Gasteiger partial charge in [-0.3, -0.25) is 8.98 Å². The molecule has 0 aliphatic heterocycles. The Hall–Kier alpha value is -2.62. The second-order valence-electron chi connectivity index (χ2n) is 6.59. The van der Waals surface area contributed by atoms with Crippen molar-refractivity contribution in [2.45, 2.75) is 11.8 Å². The molecule has 1 N–H and O–H groups in total. The topological polar surface area (TPSA) is 94.2 Å². The lowest BCUT2D eigenvalue weighted by Crippen LogP contribution is -2.27. The maximum Gasteiger partial charge on any atom is 0.297 e. The van der Waals surface area contributed by atoms with Crippen molar-refractivity contribution in [1.82, 2.24) is 4.90 Å². The number of amides is 1. The van der Waals surface area contributed by atoms with Gasteiger partial charge in [-0.2, -0.15) is 8.42 Å². The Balaban J connectivity index is 1.94. The molecular formula is C20H26N2O6S. The van der Waals surface area contributed by atoms with E-state index >= 15 is 0 Å². The van der Waals surface area contributed by atoms with Crippen LogP contribution in [-0.2, 0) is 19.1 Å². The van der Waals surface area contributed by atoms with E-state index in [0.29, 0.717) is 17.2 Å². The van der Waals surface area contributed by atoms with E-state index in [0.717, 1.165) is 5.56 Å². The minimum Gasteiger partial charge on any atom is -0.495 e. The number of rotatable bonds is 10. The lowest BCUT2D eigenvalue weighted by atomic mass is 10.2. The molecule has 0 saturated carbocycles. The molecule has 0 fully saturated rings. The first-order valence-electron chi connectivity index (χ1n) is 8.93. The SMILES string of the molecule is COc1ccc(OCCOS(=O)(=O)c2ccc(C)cc2)cc1NC(=O)CN(C)C. The Morgan fingerprint density at radius 1 is 1.07 bits per heavy atom. The lowest BCUT2D eigenvalue weighted by Gasteiger charge is -2.14. The van der Waals surface area contributed by atoms with Gasteiger partial charge in [-0.1, -0.05) is 17.7 Å². The molecule has 9 heteroatoms. The highest BCUT2D eigenvalue weighted by Gasteiger charge is 2.15. The van der Waals surface area contributed by atoms with Gasteiger partial charge in [-0.15, -0.1) is 0 Å². The minimum atomic E-state index is -3.84. The van der Waals surface area contributed by atoms with Crippen LogP contribution >= 0.6 is 0 Å². The molecule has 0 radical (unpaired) electrons. The van der Waals surface area contributed by atoms with Gasteiger partial charge in [0, 0.05) is 6.07 Å². The summed E-state index contributed by atoms with van der Waals surface area (Å²) in [6, 6.07) is 11.3. The molecule has 0 aliphatic carbocycles. The van der Waals surface area contributed by atoms with Crippen molar-refractivity contribution < 1.29 is 26.9 Å². The largest absolute Gasteiger partial charge is 0.495 e. The second kappa shape index (κ2) is 10.2. The fourth-order valence-electron chi connectivity index (χ4n) is 2.43. The summed E-state index contributed by atoms with van der Waals surface area (Å²) < 4.78 is 40.1. The van der Waals surface area contributed by atoms with E-state index in [1.807, 2.05) is 6.92 Å². The molecule has 1 amide bonds. The monoisotopic (exact) mass is 422 g/mol. The first kappa shape index (κ1) is 22.7. The van der Waals surface area contributed by atoms with Crippen molar-refractivity contribution in [3.05, 3.63) is 48.0 Å². The van der Waals surface area contributed by atoms with Crippen molar-refractivity contribution in [3.63, 3.8) is 0 Å². The average molecular weight is 423 g/mol. The minimum absolute atomic E-state index is 0.0164. The zero-order valence-corrected chi connectivity index (χ0v) is 17.8. The number of likely N-dealkylation sites (N-methyl/N-ethyl adjacent to an activating group) is 1. The Morgan fingerprint density at radius 3 is 2.38 bits per heavy atom. The van der Waals surface area contributed by atoms with Gasteiger partial charge in [0.15, 0.2) is 0 Å². The predicted molar refractivity (Wildman–Crippen MR) is 110 cm³/mol. The summed E-state index contributed by atoms with van der Waals surface area (Å²) in [6.45, 7) is 1.96. The molecule has 29 heavy (non-hydrogen) atoms. The Labute approximate surface area is 171 Å². The summed E-state index contributed by atoms with van der Waals surface area (Å²) >= 11 is 0. The molecule has 0 heterocycles. The molecule has 0 unspecified atom stereocenters. The third-order valence-electron chi connectivity index (χ3n) is 3.81.